The van der Waals surface area contributed by atoms with Crippen molar-refractivity contribution in [3.05, 3.63) is 59.0 Å². The molecule has 2 aromatic carbocycles. The van der Waals surface area contributed by atoms with Gasteiger partial charge in [0, 0.05) is 16.9 Å². The summed E-state index contributed by atoms with van der Waals surface area (Å²) in [6, 6.07) is 3.29. The summed E-state index contributed by atoms with van der Waals surface area (Å²) in [6.45, 7) is -0.167. The number of benzene rings is 2. The molecular formula is C25H24F5N7O4. The molecule has 1 aliphatic heterocycles. The van der Waals surface area contributed by atoms with E-state index in [9.17, 15) is 31.9 Å². The van der Waals surface area contributed by atoms with Gasteiger partial charge in [0.25, 0.3) is 0 Å². The van der Waals surface area contributed by atoms with Crippen LogP contribution in [-0.4, -0.2) is 59.9 Å². The van der Waals surface area contributed by atoms with Gasteiger partial charge in [-0.05, 0) is 23.8 Å². The number of hydrogen-bond acceptors (Lipinski definition) is 8. The number of guanidine groups is 1. The number of alkyl halides is 4. The predicted molar refractivity (Wildman–Crippen MR) is 136 cm³/mol. The summed E-state index contributed by atoms with van der Waals surface area (Å²) in [7, 11) is 1.01. The lowest BCUT2D eigenvalue weighted by Crippen LogP contribution is -2.41. The number of rotatable bonds is 8. The molecule has 4 rings (SSSR count). The second-order valence-electron chi connectivity index (χ2n) is 9.14. The number of halogens is 5. The summed E-state index contributed by atoms with van der Waals surface area (Å²) >= 11 is 0. The van der Waals surface area contributed by atoms with Gasteiger partial charge in [-0.15, -0.1) is 0 Å². The van der Waals surface area contributed by atoms with Gasteiger partial charge in [-0.1, -0.05) is 12.1 Å². The maximum atomic E-state index is 15.3. The van der Waals surface area contributed by atoms with Gasteiger partial charge in [0.05, 0.1) is 49.6 Å². The van der Waals surface area contributed by atoms with Gasteiger partial charge < -0.3 is 26.8 Å². The van der Waals surface area contributed by atoms with Gasteiger partial charge in [0.2, 0.25) is 11.8 Å². The first-order valence-electron chi connectivity index (χ1n) is 12.0. The molecule has 0 fully saturated rings. The van der Waals surface area contributed by atoms with Crippen molar-refractivity contribution in [1.29, 1.82) is 0 Å². The summed E-state index contributed by atoms with van der Waals surface area (Å²) in [6.07, 6.45) is -5.79. The minimum atomic E-state index is -5.08. The molecule has 3 atom stereocenters. The zero-order valence-electron chi connectivity index (χ0n) is 21.3. The SMILES string of the molecule is COC(=O)C[C@@H](c1cccc(C(F)(F)F)c1F)C(C(N)=O)n1ncc2c(NC3=NCC(F)CN3)cc(C(N)=O)cc21. The number of methoxy groups -OCH3 is 1. The van der Waals surface area contributed by atoms with Crippen molar-refractivity contribution in [1.82, 2.24) is 15.1 Å². The first kappa shape index (κ1) is 29.2. The van der Waals surface area contributed by atoms with Crippen molar-refractivity contribution in [3.8, 4) is 0 Å². The number of esters is 1. The van der Waals surface area contributed by atoms with Crippen molar-refractivity contribution in [2.75, 3.05) is 25.5 Å². The third-order valence-electron chi connectivity index (χ3n) is 6.48. The highest BCUT2D eigenvalue weighted by Gasteiger charge is 2.40. The molecule has 3 aromatic rings. The van der Waals surface area contributed by atoms with E-state index < -0.39 is 65.5 Å². The monoisotopic (exact) mass is 581 g/mol. The number of nitrogens with two attached hydrogens (primary N) is 2. The van der Waals surface area contributed by atoms with E-state index >= 15 is 4.39 Å². The average molecular weight is 582 g/mol. The number of amides is 2. The van der Waals surface area contributed by atoms with E-state index in [2.05, 4.69) is 25.5 Å². The van der Waals surface area contributed by atoms with Crippen LogP contribution in [0, 0.1) is 5.82 Å². The minimum absolute atomic E-state index is 0.0364. The lowest BCUT2D eigenvalue weighted by molar-refractivity contribution is -0.141. The van der Waals surface area contributed by atoms with Crippen LogP contribution in [0.1, 0.15) is 39.9 Å². The fourth-order valence-electron chi connectivity index (χ4n) is 4.54. The number of primary amides is 2. The van der Waals surface area contributed by atoms with Gasteiger partial charge in [-0.25, -0.2) is 13.8 Å². The first-order valence-corrected chi connectivity index (χ1v) is 12.0. The van der Waals surface area contributed by atoms with E-state index in [1.807, 2.05) is 0 Å². The Labute approximate surface area is 228 Å². The first-order chi connectivity index (χ1) is 19.3. The zero-order valence-corrected chi connectivity index (χ0v) is 21.3. The molecule has 2 heterocycles. The summed E-state index contributed by atoms with van der Waals surface area (Å²) in [5.41, 5.74) is 9.07. The van der Waals surface area contributed by atoms with E-state index in [0.29, 0.717) is 6.07 Å². The van der Waals surface area contributed by atoms with Gasteiger partial charge in [0.15, 0.2) is 5.96 Å². The van der Waals surface area contributed by atoms with Gasteiger partial charge in [0.1, 0.15) is 18.0 Å². The van der Waals surface area contributed by atoms with Crippen molar-refractivity contribution >= 4 is 40.3 Å². The fourth-order valence-corrected chi connectivity index (χ4v) is 4.54. The molecule has 0 bridgehead atoms. The number of nitrogens with zero attached hydrogens (tertiary/aromatic N) is 3. The molecule has 0 saturated heterocycles. The van der Waals surface area contributed by atoms with Crippen LogP contribution in [0.2, 0.25) is 0 Å². The number of aromatic nitrogens is 2. The lowest BCUT2D eigenvalue weighted by Gasteiger charge is -2.27. The lowest BCUT2D eigenvalue weighted by atomic mass is 9.86. The maximum Gasteiger partial charge on any atom is 0.419 e. The number of carbonyl (C=O) groups is 3. The van der Waals surface area contributed by atoms with Gasteiger partial charge in [-0.3, -0.25) is 19.1 Å². The van der Waals surface area contributed by atoms with Crippen LogP contribution in [0.4, 0.5) is 27.6 Å². The smallest absolute Gasteiger partial charge is 0.419 e. The quantitative estimate of drug-likeness (QED) is 0.234. The van der Waals surface area contributed by atoms with Crippen LogP contribution in [0.25, 0.3) is 10.9 Å². The standard InChI is InChI=1S/C25H24F5N7O4/c1-41-19(38)7-14(13-3-2-4-16(20(13)27)25(28,29)30)21(23(32)40)37-18-6-11(22(31)39)5-17(15(18)10-35-37)36-24-33-8-12(26)9-34-24/h2-6,10,12,14,21H,7-9H2,1H3,(H2,31,39)(H2,32,40)(H2,33,34,36)/t14-,21?/m0/s1. The summed E-state index contributed by atoms with van der Waals surface area (Å²) in [5, 5.41) is 10.1. The van der Waals surface area contributed by atoms with Crippen LogP contribution in [0.15, 0.2) is 41.5 Å². The number of hydrogen-bond donors (Lipinski definition) is 4. The molecule has 41 heavy (non-hydrogen) atoms. The molecule has 0 saturated carbocycles. The van der Waals surface area contributed by atoms with Crippen LogP contribution in [-0.2, 0) is 20.5 Å². The predicted octanol–water partition coefficient (Wildman–Crippen LogP) is 2.38. The molecule has 1 aromatic heterocycles. The normalized spacial score (nSPS) is 16.8. The Morgan fingerprint density at radius 1 is 1.24 bits per heavy atom. The third-order valence-corrected chi connectivity index (χ3v) is 6.48. The van der Waals surface area contributed by atoms with Gasteiger partial charge in [-0.2, -0.15) is 18.3 Å². The van der Waals surface area contributed by atoms with E-state index in [0.717, 1.165) is 23.9 Å². The van der Waals surface area contributed by atoms with Crippen molar-refractivity contribution in [3.63, 3.8) is 0 Å². The number of anilines is 1. The molecule has 11 nitrogen and oxygen atoms in total. The highest BCUT2D eigenvalue weighted by Crippen LogP contribution is 2.40. The number of carbonyl (C=O) groups excluding carboxylic acids is 3. The van der Waals surface area contributed by atoms with Crippen LogP contribution in [0.5, 0.6) is 0 Å². The Morgan fingerprint density at radius 2 is 1.98 bits per heavy atom. The maximum absolute atomic E-state index is 15.3. The Balaban J connectivity index is 1.91. The number of nitrogens with one attached hydrogen (secondary N) is 2. The molecule has 0 spiro atoms. The molecule has 0 radical (unpaired) electrons. The van der Waals surface area contributed by atoms with Crippen molar-refractivity contribution < 1.29 is 41.1 Å². The van der Waals surface area contributed by atoms with E-state index in [1.54, 1.807) is 0 Å². The Kier molecular flexibility index (Phi) is 8.12. The number of fused-ring (bicyclic) bond motifs is 1. The second-order valence-corrected chi connectivity index (χ2v) is 9.14. The van der Waals surface area contributed by atoms with Gasteiger partial charge >= 0.3 is 12.1 Å². The van der Waals surface area contributed by atoms with Crippen LogP contribution >= 0.6 is 0 Å². The van der Waals surface area contributed by atoms with Crippen LogP contribution < -0.4 is 22.1 Å². The molecular weight excluding hydrogens is 557 g/mol. The van der Waals surface area contributed by atoms with E-state index in [1.165, 1.54) is 18.3 Å². The Bertz CT molecular complexity index is 1540. The molecule has 1 aliphatic rings. The Hall–Kier alpha value is -4.76. The largest absolute Gasteiger partial charge is 0.469 e. The van der Waals surface area contributed by atoms with E-state index in [-0.39, 0.29) is 41.2 Å². The molecule has 2 amide bonds. The topological polar surface area (TPSA) is 167 Å². The number of ether oxygens (including phenoxy) is 1. The average Bonchev–Trinajstić information content (AvgIpc) is 3.32. The van der Waals surface area contributed by atoms with Crippen molar-refractivity contribution in [2.45, 2.75) is 30.7 Å². The fraction of sp³-hybridized carbons (Fsp3) is 0.320. The molecule has 16 heteroatoms. The number of aliphatic imine (C=N–C) groups is 1. The van der Waals surface area contributed by atoms with E-state index in [4.69, 9.17) is 11.5 Å². The summed E-state index contributed by atoms with van der Waals surface area (Å²) in [4.78, 5) is 41.4. The summed E-state index contributed by atoms with van der Waals surface area (Å²) < 4.78 is 75.0. The highest BCUT2D eigenvalue weighted by molar-refractivity contribution is 6.07. The highest BCUT2D eigenvalue weighted by atomic mass is 19.4. The zero-order chi connectivity index (χ0) is 30.1. The third kappa shape index (κ3) is 6.05. The molecule has 0 aliphatic carbocycles. The second kappa shape index (κ2) is 11.4. The summed E-state index contributed by atoms with van der Waals surface area (Å²) in [5.74, 6) is -6.20. The molecule has 218 valence electrons. The minimum Gasteiger partial charge on any atom is -0.469 e. The molecule has 6 N–H and O–H groups in total. The van der Waals surface area contributed by atoms with Crippen molar-refractivity contribution in [2.24, 2.45) is 16.5 Å². The molecule has 2 unspecified atom stereocenters. The van der Waals surface area contributed by atoms with Crippen LogP contribution in [0.3, 0.4) is 0 Å². The Morgan fingerprint density at radius 3 is 2.56 bits per heavy atom.